The first-order chi connectivity index (χ1) is 6.48. The zero-order valence-electron chi connectivity index (χ0n) is 7.47. The predicted molar refractivity (Wildman–Crippen MR) is 53.7 cm³/mol. The molecule has 0 amide bonds. The molecule has 76 valence electrons. The zero-order valence-corrected chi connectivity index (χ0v) is 8.36. The summed E-state index contributed by atoms with van der Waals surface area (Å²) in [4.78, 5) is 1.04. The molecule has 1 aromatic rings. The first-order valence-corrected chi connectivity index (χ1v) is 5.96. The lowest BCUT2D eigenvalue weighted by atomic mass is 10.1. The molecule has 1 heterocycles. The number of rotatable bonds is 0. The Hall–Kier alpha value is -0.900. The first-order valence-electron chi connectivity index (χ1n) is 4.11. The lowest BCUT2D eigenvalue weighted by molar-refractivity contribution is -0.137. The Bertz CT molecular complexity index is 393. The standard InChI is InChI=1S/C10H9F3S/c1-14-5-4-7-6-8(10(11,12)13)2-3-9(7)14/h2-6,14H,1H3. The summed E-state index contributed by atoms with van der Waals surface area (Å²) in [5.41, 5.74) is 0.152. The van der Waals surface area contributed by atoms with Crippen LogP contribution in [0.3, 0.4) is 0 Å². The molecule has 2 rings (SSSR count). The van der Waals surface area contributed by atoms with Crippen LogP contribution in [-0.2, 0) is 6.18 Å². The van der Waals surface area contributed by atoms with Crippen molar-refractivity contribution in [1.82, 2.24) is 0 Å². The number of thiol groups is 1. The summed E-state index contributed by atoms with van der Waals surface area (Å²) in [6.45, 7) is 0. The first kappa shape index (κ1) is 9.65. The van der Waals surface area contributed by atoms with E-state index in [4.69, 9.17) is 0 Å². The van der Waals surface area contributed by atoms with Crippen LogP contribution in [0.15, 0.2) is 28.5 Å². The van der Waals surface area contributed by atoms with Gasteiger partial charge in [0, 0.05) is 0 Å². The van der Waals surface area contributed by atoms with Gasteiger partial charge in [-0.15, -0.1) is 0 Å². The molecule has 0 radical (unpaired) electrons. The Kier molecular flexibility index (Phi) is 2.10. The molecule has 0 fully saturated rings. The van der Waals surface area contributed by atoms with Crippen LogP contribution in [0.4, 0.5) is 13.2 Å². The molecular weight excluding hydrogens is 209 g/mol. The molecule has 4 heteroatoms. The van der Waals surface area contributed by atoms with Gasteiger partial charge in [0.15, 0.2) is 0 Å². The van der Waals surface area contributed by atoms with Gasteiger partial charge in [-0.1, -0.05) is 0 Å². The van der Waals surface area contributed by atoms with Crippen LogP contribution in [-0.4, -0.2) is 6.26 Å². The molecule has 0 nitrogen and oxygen atoms in total. The Morgan fingerprint density at radius 1 is 1.21 bits per heavy atom. The monoisotopic (exact) mass is 218 g/mol. The number of benzene rings is 1. The van der Waals surface area contributed by atoms with Gasteiger partial charge in [0.1, 0.15) is 0 Å². The Balaban J connectivity index is 2.47. The van der Waals surface area contributed by atoms with Gasteiger partial charge in [-0.25, -0.2) is 10.9 Å². The van der Waals surface area contributed by atoms with Crippen molar-refractivity contribution in [2.75, 3.05) is 6.26 Å². The quantitative estimate of drug-likeness (QED) is 0.631. The van der Waals surface area contributed by atoms with Crippen molar-refractivity contribution < 1.29 is 13.2 Å². The minimum Gasteiger partial charge on any atom is -0.209 e. The molecule has 0 bridgehead atoms. The highest BCUT2D eigenvalue weighted by Crippen LogP contribution is 2.44. The van der Waals surface area contributed by atoms with E-state index in [0.29, 0.717) is 5.56 Å². The van der Waals surface area contributed by atoms with Gasteiger partial charge in [-0.2, -0.15) is 13.2 Å². The van der Waals surface area contributed by atoms with Crippen molar-refractivity contribution in [1.29, 1.82) is 0 Å². The predicted octanol–water partition coefficient (Wildman–Crippen LogP) is 3.68. The van der Waals surface area contributed by atoms with Gasteiger partial charge < -0.3 is 0 Å². The van der Waals surface area contributed by atoms with Gasteiger partial charge in [0.05, 0.1) is 5.56 Å². The highest BCUT2D eigenvalue weighted by molar-refractivity contribution is 8.19. The number of alkyl halides is 3. The van der Waals surface area contributed by atoms with Crippen molar-refractivity contribution in [2.45, 2.75) is 11.1 Å². The van der Waals surface area contributed by atoms with E-state index in [2.05, 4.69) is 0 Å². The van der Waals surface area contributed by atoms with E-state index in [-0.39, 0.29) is 10.9 Å². The lowest BCUT2D eigenvalue weighted by Crippen LogP contribution is -2.04. The van der Waals surface area contributed by atoms with E-state index in [1.807, 2.05) is 11.7 Å². The number of hydrogen-bond donors (Lipinski definition) is 1. The third-order valence-corrected chi connectivity index (χ3v) is 3.98. The van der Waals surface area contributed by atoms with Crippen LogP contribution in [0.2, 0.25) is 0 Å². The molecule has 1 aliphatic heterocycles. The van der Waals surface area contributed by atoms with Gasteiger partial charge >= 0.3 is 6.18 Å². The van der Waals surface area contributed by atoms with E-state index in [9.17, 15) is 13.2 Å². The molecule has 1 atom stereocenters. The minimum atomic E-state index is -4.23. The van der Waals surface area contributed by atoms with Crippen LogP contribution >= 0.6 is 10.9 Å². The third kappa shape index (κ3) is 1.54. The van der Waals surface area contributed by atoms with Crippen molar-refractivity contribution in [3.63, 3.8) is 0 Å². The Morgan fingerprint density at radius 3 is 2.57 bits per heavy atom. The molecule has 0 N–H and O–H groups in total. The van der Waals surface area contributed by atoms with Crippen LogP contribution in [0.5, 0.6) is 0 Å². The second-order valence-electron chi connectivity index (χ2n) is 3.20. The summed E-state index contributed by atoms with van der Waals surface area (Å²) in [5, 5.41) is 1.97. The largest absolute Gasteiger partial charge is 0.416 e. The van der Waals surface area contributed by atoms with Gasteiger partial charge in [-0.05, 0) is 46.4 Å². The maximum atomic E-state index is 12.3. The molecule has 0 aliphatic carbocycles. The number of hydrogen-bond acceptors (Lipinski definition) is 0. The molecule has 14 heavy (non-hydrogen) atoms. The summed E-state index contributed by atoms with van der Waals surface area (Å²) in [7, 11) is -0.377. The lowest BCUT2D eigenvalue weighted by Gasteiger charge is -2.11. The second kappa shape index (κ2) is 3.05. The zero-order chi connectivity index (χ0) is 10.3. The highest BCUT2D eigenvalue weighted by atomic mass is 32.2. The molecule has 0 spiro atoms. The topological polar surface area (TPSA) is 0 Å². The van der Waals surface area contributed by atoms with E-state index < -0.39 is 11.7 Å². The van der Waals surface area contributed by atoms with E-state index >= 15 is 0 Å². The van der Waals surface area contributed by atoms with Gasteiger partial charge in [0.25, 0.3) is 0 Å². The molecule has 1 aromatic carbocycles. The average Bonchev–Trinajstić information content (AvgIpc) is 2.46. The molecular formula is C10H9F3S. The fourth-order valence-corrected chi connectivity index (χ4v) is 2.86. The molecule has 0 saturated heterocycles. The van der Waals surface area contributed by atoms with Crippen LogP contribution in [0.25, 0.3) is 6.08 Å². The van der Waals surface area contributed by atoms with E-state index in [1.165, 1.54) is 6.07 Å². The van der Waals surface area contributed by atoms with Crippen molar-refractivity contribution >= 4 is 17.0 Å². The molecule has 1 aliphatic rings. The summed E-state index contributed by atoms with van der Waals surface area (Å²) in [6.07, 6.45) is -0.427. The summed E-state index contributed by atoms with van der Waals surface area (Å²) < 4.78 is 37.0. The van der Waals surface area contributed by atoms with E-state index in [1.54, 1.807) is 12.1 Å². The minimum absolute atomic E-state index is 0.377. The maximum Gasteiger partial charge on any atom is 0.416 e. The molecule has 1 unspecified atom stereocenters. The van der Waals surface area contributed by atoms with Crippen molar-refractivity contribution in [2.24, 2.45) is 0 Å². The van der Waals surface area contributed by atoms with Crippen LogP contribution in [0, 0.1) is 0 Å². The fourth-order valence-electron chi connectivity index (χ4n) is 1.46. The smallest absolute Gasteiger partial charge is 0.209 e. The molecule has 0 aromatic heterocycles. The van der Waals surface area contributed by atoms with Crippen molar-refractivity contribution in [3.05, 3.63) is 34.7 Å². The Labute approximate surface area is 82.8 Å². The maximum absolute atomic E-state index is 12.3. The average molecular weight is 218 g/mol. The van der Waals surface area contributed by atoms with Crippen LogP contribution < -0.4 is 0 Å². The number of halogens is 3. The third-order valence-electron chi connectivity index (χ3n) is 2.21. The Morgan fingerprint density at radius 2 is 1.93 bits per heavy atom. The van der Waals surface area contributed by atoms with Crippen molar-refractivity contribution in [3.8, 4) is 0 Å². The van der Waals surface area contributed by atoms with E-state index in [0.717, 1.165) is 11.0 Å². The fraction of sp³-hybridized carbons (Fsp3) is 0.200. The van der Waals surface area contributed by atoms with Gasteiger partial charge in [0.2, 0.25) is 0 Å². The highest BCUT2D eigenvalue weighted by Gasteiger charge is 2.31. The second-order valence-corrected chi connectivity index (χ2v) is 5.20. The summed E-state index contributed by atoms with van der Waals surface area (Å²) >= 11 is 0. The number of fused-ring (bicyclic) bond motifs is 1. The van der Waals surface area contributed by atoms with Crippen LogP contribution in [0.1, 0.15) is 11.1 Å². The normalized spacial score (nSPS) is 22.4. The van der Waals surface area contributed by atoms with Gasteiger partial charge in [-0.3, -0.25) is 0 Å². The summed E-state index contributed by atoms with van der Waals surface area (Å²) in [5.74, 6) is 0. The SMILES string of the molecule is C[SH]1C=Cc2cc(C(F)(F)F)ccc21. The summed E-state index contributed by atoms with van der Waals surface area (Å²) in [6, 6.07) is 3.96. The molecule has 0 saturated carbocycles.